The van der Waals surface area contributed by atoms with Crippen LogP contribution in [0.1, 0.15) is 31.4 Å². The summed E-state index contributed by atoms with van der Waals surface area (Å²) in [6, 6.07) is 8.35. The SMILES string of the molecule is C[C@H](Nc1nccc(N(CC2CCCOC2)S(=O)O)n1)c1cc2cccc(Cl)c2[nH]c1=O. The third kappa shape index (κ3) is 5.09. The van der Waals surface area contributed by atoms with Gasteiger partial charge in [-0.05, 0) is 31.9 Å². The van der Waals surface area contributed by atoms with E-state index in [0.29, 0.717) is 35.1 Å². The summed E-state index contributed by atoms with van der Waals surface area (Å²) >= 11 is 3.93. The molecule has 2 aromatic heterocycles. The van der Waals surface area contributed by atoms with Crippen LogP contribution in [0.15, 0.2) is 41.3 Å². The number of aromatic amines is 1. The van der Waals surface area contributed by atoms with Crippen LogP contribution in [0.4, 0.5) is 11.8 Å². The van der Waals surface area contributed by atoms with Crippen LogP contribution in [-0.2, 0) is 16.0 Å². The Bertz CT molecular complexity index is 1180. The van der Waals surface area contributed by atoms with Crippen molar-refractivity contribution < 1.29 is 13.5 Å². The summed E-state index contributed by atoms with van der Waals surface area (Å²) in [5.41, 5.74) is 0.814. The lowest BCUT2D eigenvalue weighted by Gasteiger charge is -2.27. The van der Waals surface area contributed by atoms with E-state index in [0.717, 1.165) is 24.8 Å². The number of rotatable bonds is 7. The number of ether oxygens (including phenoxy) is 1. The van der Waals surface area contributed by atoms with Crippen LogP contribution in [0.5, 0.6) is 0 Å². The number of halogens is 1. The van der Waals surface area contributed by atoms with E-state index in [9.17, 15) is 13.6 Å². The van der Waals surface area contributed by atoms with Crippen LogP contribution >= 0.6 is 11.6 Å². The molecule has 0 bridgehead atoms. The second-order valence-corrected chi connectivity index (χ2v) is 9.05. The summed E-state index contributed by atoms with van der Waals surface area (Å²) in [7, 11) is 0. The first-order valence-corrected chi connectivity index (χ1v) is 11.7. The van der Waals surface area contributed by atoms with E-state index < -0.39 is 17.3 Å². The van der Waals surface area contributed by atoms with Crippen molar-refractivity contribution in [1.82, 2.24) is 15.0 Å². The number of aromatic nitrogens is 3. The maximum atomic E-state index is 12.6. The largest absolute Gasteiger partial charge is 0.381 e. The minimum Gasteiger partial charge on any atom is -0.381 e. The lowest BCUT2D eigenvalue weighted by Crippen LogP contribution is -2.35. The molecule has 170 valence electrons. The molecule has 1 fully saturated rings. The Morgan fingerprint density at radius 3 is 3.03 bits per heavy atom. The maximum Gasteiger partial charge on any atom is 0.263 e. The van der Waals surface area contributed by atoms with Crippen molar-refractivity contribution in [3.05, 3.63) is 57.5 Å². The van der Waals surface area contributed by atoms with Gasteiger partial charge in [0.1, 0.15) is 5.82 Å². The van der Waals surface area contributed by atoms with Gasteiger partial charge < -0.3 is 15.0 Å². The predicted octanol–water partition coefficient (Wildman–Crippen LogP) is 3.51. The summed E-state index contributed by atoms with van der Waals surface area (Å²) in [4.78, 5) is 24.1. The topological polar surface area (TPSA) is 120 Å². The van der Waals surface area contributed by atoms with Gasteiger partial charge in [0.25, 0.3) is 16.8 Å². The minimum atomic E-state index is -2.24. The van der Waals surface area contributed by atoms with E-state index in [-0.39, 0.29) is 17.4 Å². The molecule has 0 aliphatic carbocycles. The maximum absolute atomic E-state index is 12.6. The Labute approximate surface area is 192 Å². The van der Waals surface area contributed by atoms with E-state index in [1.165, 1.54) is 10.5 Å². The monoisotopic (exact) mass is 477 g/mol. The molecule has 3 N–H and O–H groups in total. The van der Waals surface area contributed by atoms with Gasteiger partial charge in [0.2, 0.25) is 5.95 Å². The molecule has 2 unspecified atom stereocenters. The Morgan fingerprint density at radius 1 is 1.44 bits per heavy atom. The molecule has 0 saturated carbocycles. The van der Waals surface area contributed by atoms with E-state index in [1.54, 1.807) is 18.2 Å². The van der Waals surface area contributed by atoms with E-state index in [1.807, 2.05) is 19.1 Å². The summed E-state index contributed by atoms with van der Waals surface area (Å²) in [5, 5.41) is 4.40. The highest BCUT2D eigenvalue weighted by Crippen LogP contribution is 2.24. The molecule has 32 heavy (non-hydrogen) atoms. The zero-order chi connectivity index (χ0) is 22.7. The van der Waals surface area contributed by atoms with Crippen molar-refractivity contribution in [2.75, 3.05) is 29.4 Å². The number of anilines is 2. The van der Waals surface area contributed by atoms with Gasteiger partial charge >= 0.3 is 0 Å². The van der Waals surface area contributed by atoms with Crippen molar-refractivity contribution in [1.29, 1.82) is 0 Å². The number of nitrogens with zero attached hydrogens (tertiary/aromatic N) is 3. The van der Waals surface area contributed by atoms with Crippen molar-refractivity contribution in [3.63, 3.8) is 0 Å². The number of pyridine rings is 1. The average molecular weight is 478 g/mol. The fourth-order valence-electron chi connectivity index (χ4n) is 3.79. The summed E-state index contributed by atoms with van der Waals surface area (Å²) in [5.74, 6) is 0.712. The quantitative estimate of drug-likeness (QED) is 0.445. The zero-order valence-electron chi connectivity index (χ0n) is 17.5. The summed E-state index contributed by atoms with van der Waals surface area (Å²) < 4.78 is 28.6. The Hall–Kier alpha value is -2.53. The third-order valence-electron chi connectivity index (χ3n) is 5.43. The highest BCUT2D eigenvalue weighted by molar-refractivity contribution is 7.80. The van der Waals surface area contributed by atoms with Crippen molar-refractivity contribution in [2.45, 2.75) is 25.8 Å². The Balaban J connectivity index is 1.55. The average Bonchev–Trinajstić information content (AvgIpc) is 2.78. The molecule has 9 nitrogen and oxygen atoms in total. The van der Waals surface area contributed by atoms with Crippen molar-refractivity contribution >= 4 is 45.5 Å². The molecule has 11 heteroatoms. The second-order valence-electron chi connectivity index (χ2n) is 7.74. The zero-order valence-corrected chi connectivity index (χ0v) is 19.0. The van der Waals surface area contributed by atoms with Crippen LogP contribution < -0.4 is 15.2 Å². The molecule has 1 saturated heterocycles. The van der Waals surface area contributed by atoms with Gasteiger partial charge in [-0.3, -0.25) is 13.7 Å². The molecule has 1 aliphatic heterocycles. The van der Waals surface area contributed by atoms with E-state index >= 15 is 0 Å². The summed E-state index contributed by atoms with van der Waals surface area (Å²) in [6.45, 7) is 3.44. The Morgan fingerprint density at radius 2 is 2.28 bits per heavy atom. The van der Waals surface area contributed by atoms with E-state index in [4.69, 9.17) is 16.3 Å². The molecule has 4 rings (SSSR count). The first-order chi connectivity index (χ1) is 15.4. The van der Waals surface area contributed by atoms with Gasteiger partial charge in [-0.25, -0.2) is 9.19 Å². The van der Waals surface area contributed by atoms with Crippen LogP contribution in [0.25, 0.3) is 10.9 Å². The fraction of sp³-hybridized carbons (Fsp3) is 0.381. The highest BCUT2D eigenvalue weighted by atomic mass is 35.5. The van der Waals surface area contributed by atoms with Gasteiger partial charge in [0.05, 0.1) is 23.2 Å². The molecule has 0 amide bonds. The predicted molar refractivity (Wildman–Crippen MR) is 125 cm³/mol. The van der Waals surface area contributed by atoms with E-state index in [2.05, 4.69) is 20.3 Å². The van der Waals surface area contributed by atoms with Gasteiger partial charge in [-0.15, -0.1) is 0 Å². The molecule has 0 spiro atoms. The van der Waals surface area contributed by atoms with Gasteiger partial charge in [-0.1, -0.05) is 23.7 Å². The normalized spacial score (nSPS) is 18.3. The number of nitrogens with one attached hydrogen (secondary N) is 2. The second kappa shape index (κ2) is 9.95. The molecular weight excluding hydrogens is 454 g/mol. The number of H-pyrrole nitrogens is 1. The highest BCUT2D eigenvalue weighted by Gasteiger charge is 2.23. The van der Waals surface area contributed by atoms with Gasteiger partial charge in [0.15, 0.2) is 0 Å². The molecule has 1 aromatic carbocycles. The molecular formula is C21H24ClN5O4S. The number of hydrogen-bond acceptors (Lipinski definition) is 6. The smallest absolute Gasteiger partial charge is 0.263 e. The van der Waals surface area contributed by atoms with Crippen LogP contribution in [0, 0.1) is 5.92 Å². The molecule has 1 aliphatic rings. The number of benzene rings is 1. The summed E-state index contributed by atoms with van der Waals surface area (Å²) in [6.07, 6.45) is 3.37. The van der Waals surface area contributed by atoms with Crippen molar-refractivity contribution in [3.8, 4) is 0 Å². The van der Waals surface area contributed by atoms with Crippen LogP contribution in [0.3, 0.4) is 0 Å². The molecule has 3 heterocycles. The lowest BCUT2D eigenvalue weighted by molar-refractivity contribution is 0.0583. The van der Waals surface area contributed by atoms with Gasteiger partial charge in [-0.2, -0.15) is 4.98 Å². The molecule has 0 radical (unpaired) electrons. The lowest BCUT2D eigenvalue weighted by atomic mass is 10.0. The number of fused-ring (bicyclic) bond motifs is 1. The van der Waals surface area contributed by atoms with Crippen molar-refractivity contribution in [2.24, 2.45) is 5.92 Å². The fourth-order valence-corrected chi connectivity index (χ4v) is 4.61. The first kappa shape index (κ1) is 22.7. The van der Waals surface area contributed by atoms with Gasteiger partial charge in [0, 0.05) is 42.3 Å². The first-order valence-electron chi connectivity index (χ1n) is 10.3. The molecule has 3 aromatic rings. The standard InChI is InChI=1S/C21H24ClN5O4S/c1-13(16-10-15-5-2-6-17(22)19(15)26-20(16)28)24-21-23-8-7-18(25-21)27(32(29)30)11-14-4-3-9-31-12-14/h2,5-8,10,13-14H,3-4,9,11-12H2,1H3,(H,26,28)(H,29,30)(H,23,24,25)/t13-,14?/m0/s1. The Kier molecular flexibility index (Phi) is 7.04. The third-order valence-corrected chi connectivity index (χ3v) is 6.46. The number of para-hydroxylation sites is 1. The van der Waals surface area contributed by atoms with Crippen LogP contribution in [-0.4, -0.2) is 43.5 Å². The minimum absolute atomic E-state index is 0.146. The van der Waals surface area contributed by atoms with Crippen LogP contribution in [0.2, 0.25) is 5.02 Å². The molecule has 3 atom stereocenters. The number of hydrogen-bond donors (Lipinski definition) is 3.